The van der Waals surface area contributed by atoms with Crippen molar-refractivity contribution in [3.63, 3.8) is 0 Å². The first kappa shape index (κ1) is 12.6. The number of rotatable bonds is 1. The van der Waals surface area contributed by atoms with E-state index in [1.807, 2.05) is 11.3 Å². The molecule has 3 aromatic carbocycles. The Morgan fingerprint density at radius 2 is 1.29 bits per heavy atom. The van der Waals surface area contributed by atoms with Crippen LogP contribution in [0.1, 0.15) is 10.4 Å². The molecular formula is C20H16S. The maximum atomic E-state index is 2.31. The van der Waals surface area contributed by atoms with Gasteiger partial charge in [-0.25, -0.2) is 0 Å². The van der Waals surface area contributed by atoms with Gasteiger partial charge in [-0.2, -0.15) is 0 Å². The highest BCUT2D eigenvalue weighted by Crippen LogP contribution is 2.31. The summed E-state index contributed by atoms with van der Waals surface area (Å²) in [5.74, 6) is 0. The van der Waals surface area contributed by atoms with Crippen molar-refractivity contribution in [2.75, 3.05) is 0 Å². The van der Waals surface area contributed by atoms with E-state index in [-0.39, 0.29) is 0 Å². The number of fused-ring (bicyclic) bond motifs is 2. The van der Waals surface area contributed by atoms with Crippen molar-refractivity contribution in [2.24, 2.45) is 0 Å². The van der Waals surface area contributed by atoms with Crippen LogP contribution in [0.4, 0.5) is 0 Å². The van der Waals surface area contributed by atoms with Gasteiger partial charge in [0.2, 0.25) is 0 Å². The Morgan fingerprint density at radius 1 is 0.619 bits per heavy atom. The molecule has 0 fully saturated rings. The third-order valence-corrected chi connectivity index (χ3v) is 4.99. The van der Waals surface area contributed by atoms with Crippen molar-refractivity contribution in [1.29, 1.82) is 0 Å². The molecule has 0 bridgehead atoms. The zero-order valence-electron chi connectivity index (χ0n) is 12.2. The van der Waals surface area contributed by atoms with Crippen LogP contribution in [0.2, 0.25) is 0 Å². The van der Waals surface area contributed by atoms with Crippen molar-refractivity contribution in [3.8, 4) is 11.1 Å². The maximum absolute atomic E-state index is 2.31. The van der Waals surface area contributed by atoms with Crippen LogP contribution in [0.5, 0.6) is 0 Å². The normalized spacial score (nSPS) is 11.3. The molecule has 1 heterocycles. The van der Waals surface area contributed by atoms with Gasteiger partial charge in [0, 0.05) is 9.58 Å². The summed E-state index contributed by atoms with van der Waals surface area (Å²) in [6, 6.07) is 22.4. The van der Waals surface area contributed by atoms with Crippen LogP contribution in [0.15, 0.2) is 60.7 Å². The van der Waals surface area contributed by atoms with Gasteiger partial charge in [-0.3, -0.25) is 0 Å². The fraction of sp³-hybridized carbons (Fsp3) is 0.100. The average Bonchev–Trinajstić information content (AvgIpc) is 2.85. The maximum Gasteiger partial charge on any atom is 0.0351 e. The minimum Gasteiger partial charge on any atom is -0.141 e. The molecule has 1 aromatic heterocycles. The molecule has 102 valence electrons. The molecule has 21 heavy (non-hydrogen) atoms. The SMILES string of the molecule is Cc1ccc2cc(-c3ccc4cc(C)sc4c3)ccc2c1. The molecule has 4 aromatic rings. The van der Waals surface area contributed by atoms with Gasteiger partial charge in [0.05, 0.1) is 0 Å². The Hall–Kier alpha value is -2.12. The van der Waals surface area contributed by atoms with Crippen molar-refractivity contribution in [1.82, 2.24) is 0 Å². The van der Waals surface area contributed by atoms with Crippen LogP contribution in [0.25, 0.3) is 32.0 Å². The van der Waals surface area contributed by atoms with Crippen LogP contribution in [0, 0.1) is 13.8 Å². The molecule has 0 spiro atoms. The number of aryl methyl sites for hydroxylation is 2. The summed E-state index contributed by atoms with van der Waals surface area (Å²) < 4.78 is 1.37. The highest BCUT2D eigenvalue weighted by Gasteiger charge is 2.04. The second kappa shape index (κ2) is 4.71. The lowest BCUT2D eigenvalue weighted by molar-refractivity contribution is 1.50. The largest absolute Gasteiger partial charge is 0.141 e. The van der Waals surface area contributed by atoms with Gasteiger partial charge < -0.3 is 0 Å². The summed E-state index contributed by atoms with van der Waals surface area (Å²) in [5, 5.41) is 3.96. The fourth-order valence-electron chi connectivity index (χ4n) is 2.89. The Balaban J connectivity index is 1.88. The van der Waals surface area contributed by atoms with Gasteiger partial charge in [0.25, 0.3) is 0 Å². The van der Waals surface area contributed by atoms with Gasteiger partial charge in [0.15, 0.2) is 0 Å². The Morgan fingerprint density at radius 3 is 2.14 bits per heavy atom. The summed E-state index contributed by atoms with van der Waals surface area (Å²) in [6.07, 6.45) is 0. The minimum atomic E-state index is 1.29. The zero-order valence-corrected chi connectivity index (χ0v) is 13.0. The standard InChI is InChI=1S/C20H16S/c1-13-3-4-16-11-17(6-5-15(16)9-13)18-7-8-19-10-14(2)21-20(19)12-18/h3-12H,1-2H3. The number of hydrogen-bond acceptors (Lipinski definition) is 1. The molecule has 0 nitrogen and oxygen atoms in total. The van der Waals surface area contributed by atoms with Crippen molar-refractivity contribution in [2.45, 2.75) is 13.8 Å². The highest BCUT2D eigenvalue weighted by atomic mass is 32.1. The Labute approximate surface area is 128 Å². The minimum absolute atomic E-state index is 1.29. The second-order valence-electron chi connectivity index (χ2n) is 5.68. The molecule has 0 saturated carbocycles. The van der Waals surface area contributed by atoms with E-state index in [2.05, 4.69) is 74.5 Å². The predicted octanol–water partition coefficient (Wildman–Crippen LogP) is 6.34. The van der Waals surface area contributed by atoms with E-state index in [1.165, 1.54) is 42.4 Å². The van der Waals surface area contributed by atoms with Crippen molar-refractivity contribution >= 4 is 32.2 Å². The third kappa shape index (κ3) is 2.24. The molecule has 0 atom stereocenters. The Bertz CT molecular complexity index is 960. The quantitative estimate of drug-likeness (QED) is 0.383. The number of benzene rings is 3. The highest BCUT2D eigenvalue weighted by molar-refractivity contribution is 7.19. The lowest BCUT2D eigenvalue weighted by Gasteiger charge is -2.05. The zero-order chi connectivity index (χ0) is 14.4. The lowest BCUT2D eigenvalue weighted by Crippen LogP contribution is -1.80. The van der Waals surface area contributed by atoms with E-state index < -0.39 is 0 Å². The summed E-state index contributed by atoms with van der Waals surface area (Å²) in [7, 11) is 0. The van der Waals surface area contributed by atoms with E-state index in [9.17, 15) is 0 Å². The molecule has 0 N–H and O–H groups in total. The number of hydrogen-bond donors (Lipinski definition) is 0. The molecule has 4 rings (SSSR count). The smallest absolute Gasteiger partial charge is 0.0351 e. The van der Waals surface area contributed by atoms with Crippen LogP contribution in [-0.4, -0.2) is 0 Å². The average molecular weight is 288 g/mol. The monoisotopic (exact) mass is 288 g/mol. The molecule has 0 saturated heterocycles. The van der Waals surface area contributed by atoms with Crippen molar-refractivity contribution in [3.05, 3.63) is 71.1 Å². The lowest BCUT2D eigenvalue weighted by atomic mass is 10.00. The molecule has 0 aliphatic rings. The van der Waals surface area contributed by atoms with Crippen molar-refractivity contribution < 1.29 is 0 Å². The topological polar surface area (TPSA) is 0 Å². The van der Waals surface area contributed by atoms with Gasteiger partial charge in [-0.1, -0.05) is 48.0 Å². The van der Waals surface area contributed by atoms with E-state index >= 15 is 0 Å². The Kier molecular flexibility index (Phi) is 2.83. The molecule has 0 unspecified atom stereocenters. The van der Waals surface area contributed by atoms with E-state index in [0.29, 0.717) is 0 Å². The first-order chi connectivity index (χ1) is 10.2. The summed E-state index contributed by atoms with van der Waals surface area (Å²) in [5.41, 5.74) is 3.90. The van der Waals surface area contributed by atoms with Gasteiger partial charge in [0.1, 0.15) is 0 Å². The number of thiophene rings is 1. The first-order valence-corrected chi connectivity index (χ1v) is 8.02. The molecule has 0 aliphatic heterocycles. The molecule has 0 radical (unpaired) electrons. The van der Waals surface area contributed by atoms with Crippen LogP contribution >= 0.6 is 11.3 Å². The van der Waals surface area contributed by atoms with E-state index in [0.717, 1.165) is 0 Å². The summed E-state index contributed by atoms with van der Waals surface area (Å²) in [6.45, 7) is 4.31. The molecular weight excluding hydrogens is 272 g/mol. The summed E-state index contributed by atoms with van der Waals surface area (Å²) >= 11 is 1.87. The molecule has 0 amide bonds. The second-order valence-corrected chi connectivity index (χ2v) is 6.96. The molecule has 0 aliphatic carbocycles. The predicted molar refractivity (Wildman–Crippen MR) is 94.2 cm³/mol. The van der Waals surface area contributed by atoms with Crippen LogP contribution in [0.3, 0.4) is 0 Å². The van der Waals surface area contributed by atoms with Crippen LogP contribution in [-0.2, 0) is 0 Å². The fourth-order valence-corrected chi connectivity index (χ4v) is 3.85. The van der Waals surface area contributed by atoms with Gasteiger partial charge >= 0.3 is 0 Å². The van der Waals surface area contributed by atoms with E-state index in [1.54, 1.807) is 0 Å². The summed E-state index contributed by atoms with van der Waals surface area (Å²) in [4.78, 5) is 1.37. The van der Waals surface area contributed by atoms with Crippen LogP contribution < -0.4 is 0 Å². The van der Waals surface area contributed by atoms with Gasteiger partial charge in [-0.05, 0) is 59.3 Å². The first-order valence-electron chi connectivity index (χ1n) is 7.20. The molecule has 1 heteroatoms. The van der Waals surface area contributed by atoms with Gasteiger partial charge in [-0.15, -0.1) is 11.3 Å². The van der Waals surface area contributed by atoms with E-state index in [4.69, 9.17) is 0 Å². The third-order valence-electron chi connectivity index (χ3n) is 3.97.